The van der Waals surface area contributed by atoms with E-state index in [0.717, 1.165) is 16.5 Å². The number of anilines is 1. The van der Waals surface area contributed by atoms with Gasteiger partial charge in [0.1, 0.15) is 11.5 Å². The summed E-state index contributed by atoms with van der Waals surface area (Å²) in [6.07, 6.45) is 6.27. The first-order chi connectivity index (χ1) is 7.22. The van der Waals surface area contributed by atoms with Crippen molar-refractivity contribution in [2.24, 2.45) is 5.92 Å². The molecular formula is C11H15N3S. The molecule has 0 aliphatic carbocycles. The number of nitrogens with one attached hydrogen (secondary N) is 1. The summed E-state index contributed by atoms with van der Waals surface area (Å²) in [5, 5.41) is 5.23. The quantitative estimate of drug-likeness (QED) is 0.863. The van der Waals surface area contributed by atoms with E-state index in [1.54, 1.807) is 11.3 Å². The molecule has 80 valence electrons. The molecule has 0 saturated heterocycles. The summed E-state index contributed by atoms with van der Waals surface area (Å²) in [5.74, 6) is 1.61. The highest BCUT2D eigenvalue weighted by atomic mass is 32.1. The fourth-order valence-corrected chi connectivity index (χ4v) is 2.17. The summed E-state index contributed by atoms with van der Waals surface area (Å²) in [5.41, 5.74) is 1.01. The molecule has 2 aromatic heterocycles. The molecule has 0 spiro atoms. The van der Waals surface area contributed by atoms with E-state index in [1.807, 2.05) is 18.6 Å². The molecule has 0 saturated carbocycles. The van der Waals surface area contributed by atoms with Crippen molar-refractivity contribution in [3.05, 3.63) is 23.3 Å². The number of hydrogen-bond donors (Lipinski definition) is 1. The van der Waals surface area contributed by atoms with Gasteiger partial charge in [-0.3, -0.25) is 4.40 Å². The van der Waals surface area contributed by atoms with Crippen molar-refractivity contribution < 1.29 is 0 Å². The smallest absolute Gasteiger partial charge is 0.195 e. The lowest BCUT2D eigenvalue weighted by Crippen LogP contribution is -1.93. The highest BCUT2D eigenvalue weighted by molar-refractivity contribution is 7.15. The molecule has 0 aromatic carbocycles. The zero-order valence-electron chi connectivity index (χ0n) is 9.19. The predicted octanol–water partition coefficient (Wildman–Crippen LogP) is 3.11. The Kier molecular flexibility index (Phi) is 2.77. The molecule has 0 aliphatic heterocycles. The van der Waals surface area contributed by atoms with Gasteiger partial charge in [0.2, 0.25) is 0 Å². The summed E-state index contributed by atoms with van der Waals surface area (Å²) in [4.78, 5) is 5.58. The SMILES string of the molecule is CNc1c(/C=C/C(C)C)nc2sccn12. The highest BCUT2D eigenvalue weighted by Crippen LogP contribution is 2.22. The second-order valence-electron chi connectivity index (χ2n) is 3.75. The number of hydrogen-bond acceptors (Lipinski definition) is 3. The fraction of sp³-hybridized carbons (Fsp3) is 0.364. The van der Waals surface area contributed by atoms with Crippen LogP contribution in [0.5, 0.6) is 0 Å². The van der Waals surface area contributed by atoms with E-state index in [-0.39, 0.29) is 0 Å². The number of rotatable bonds is 3. The molecule has 0 amide bonds. The standard InChI is InChI=1S/C11H15N3S/c1-8(2)4-5-9-10(12-3)14-6-7-15-11(14)13-9/h4-8,12H,1-3H3/b5-4+. The Morgan fingerprint density at radius 2 is 2.33 bits per heavy atom. The number of thiazole rings is 1. The van der Waals surface area contributed by atoms with Gasteiger partial charge in [0.15, 0.2) is 4.96 Å². The third-order valence-electron chi connectivity index (χ3n) is 2.16. The number of allylic oxidation sites excluding steroid dienone is 1. The van der Waals surface area contributed by atoms with Crippen LogP contribution in [0.25, 0.3) is 11.0 Å². The van der Waals surface area contributed by atoms with Gasteiger partial charge in [-0.05, 0) is 12.0 Å². The van der Waals surface area contributed by atoms with Crippen LogP contribution in [0, 0.1) is 5.92 Å². The van der Waals surface area contributed by atoms with Crippen LogP contribution in [-0.2, 0) is 0 Å². The minimum absolute atomic E-state index is 0.550. The van der Waals surface area contributed by atoms with Gasteiger partial charge in [-0.2, -0.15) is 0 Å². The van der Waals surface area contributed by atoms with E-state index in [9.17, 15) is 0 Å². The molecule has 0 bridgehead atoms. The predicted molar refractivity (Wildman–Crippen MR) is 66.5 cm³/mol. The third-order valence-corrected chi connectivity index (χ3v) is 2.92. The van der Waals surface area contributed by atoms with E-state index >= 15 is 0 Å². The largest absolute Gasteiger partial charge is 0.372 e. The number of imidazole rings is 1. The maximum absolute atomic E-state index is 4.55. The molecule has 0 aliphatic rings. The van der Waals surface area contributed by atoms with E-state index in [2.05, 4.69) is 40.7 Å². The summed E-state index contributed by atoms with van der Waals surface area (Å²) < 4.78 is 2.07. The minimum Gasteiger partial charge on any atom is -0.372 e. The Morgan fingerprint density at radius 3 is 3.00 bits per heavy atom. The van der Waals surface area contributed by atoms with E-state index < -0.39 is 0 Å². The third kappa shape index (κ3) is 1.90. The van der Waals surface area contributed by atoms with Gasteiger partial charge in [0.25, 0.3) is 0 Å². The van der Waals surface area contributed by atoms with E-state index in [4.69, 9.17) is 0 Å². The van der Waals surface area contributed by atoms with Crippen LogP contribution in [-0.4, -0.2) is 16.4 Å². The van der Waals surface area contributed by atoms with E-state index in [0.29, 0.717) is 5.92 Å². The van der Waals surface area contributed by atoms with Crippen molar-refractivity contribution in [3.8, 4) is 0 Å². The van der Waals surface area contributed by atoms with Crippen molar-refractivity contribution in [3.63, 3.8) is 0 Å². The second kappa shape index (κ2) is 4.06. The molecule has 4 heteroatoms. The first-order valence-corrected chi connectivity index (χ1v) is 5.92. The topological polar surface area (TPSA) is 29.3 Å². The van der Waals surface area contributed by atoms with Gasteiger partial charge >= 0.3 is 0 Å². The van der Waals surface area contributed by atoms with Crippen LogP contribution in [0.3, 0.4) is 0 Å². The zero-order chi connectivity index (χ0) is 10.8. The van der Waals surface area contributed by atoms with Crippen LogP contribution >= 0.6 is 11.3 Å². The van der Waals surface area contributed by atoms with Gasteiger partial charge in [0.05, 0.1) is 0 Å². The van der Waals surface area contributed by atoms with Crippen LogP contribution in [0.1, 0.15) is 19.5 Å². The van der Waals surface area contributed by atoms with Crippen LogP contribution < -0.4 is 5.32 Å². The molecule has 0 atom stereocenters. The van der Waals surface area contributed by atoms with Crippen LogP contribution in [0.2, 0.25) is 0 Å². The minimum atomic E-state index is 0.550. The van der Waals surface area contributed by atoms with Gasteiger partial charge < -0.3 is 5.32 Å². The lowest BCUT2D eigenvalue weighted by molar-refractivity contribution is 0.836. The molecule has 0 fully saturated rings. The summed E-state index contributed by atoms with van der Waals surface area (Å²) in [6.45, 7) is 4.32. The van der Waals surface area contributed by atoms with Gasteiger partial charge in [0, 0.05) is 18.6 Å². The summed E-state index contributed by atoms with van der Waals surface area (Å²) >= 11 is 1.65. The maximum Gasteiger partial charge on any atom is 0.195 e. The normalized spacial score (nSPS) is 12.0. The van der Waals surface area contributed by atoms with E-state index in [1.165, 1.54) is 0 Å². The number of aromatic nitrogens is 2. The van der Waals surface area contributed by atoms with Crippen molar-refractivity contribution >= 4 is 28.2 Å². The zero-order valence-corrected chi connectivity index (χ0v) is 10.0. The lowest BCUT2D eigenvalue weighted by atomic mass is 10.2. The molecule has 0 unspecified atom stereocenters. The van der Waals surface area contributed by atoms with Gasteiger partial charge in [-0.1, -0.05) is 19.9 Å². The molecule has 1 N–H and O–H groups in total. The Balaban J connectivity index is 2.45. The molecule has 2 aromatic rings. The number of fused-ring (bicyclic) bond motifs is 1. The molecule has 15 heavy (non-hydrogen) atoms. The maximum atomic E-state index is 4.55. The molecule has 3 nitrogen and oxygen atoms in total. The van der Waals surface area contributed by atoms with Crippen molar-refractivity contribution in [2.75, 3.05) is 12.4 Å². The van der Waals surface area contributed by atoms with Gasteiger partial charge in [-0.15, -0.1) is 11.3 Å². The summed E-state index contributed by atoms with van der Waals surface area (Å²) in [7, 11) is 1.92. The average Bonchev–Trinajstić information content (AvgIpc) is 2.72. The fourth-order valence-electron chi connectivity index (χ4n) is 1.45. The van der Waals surface area contributed by atoms with Crippen LogP contribution in [0.15, 0.2) is 17.7 Å². The Hall–Kier alpha value is -1.29. The van der Waals surface area contributed by atoms with Gasteiger partial charge in [-0.25, -0.2) is 4.98 Å². The summed E-state index contributed by atoms with van der Waals surface area (Å²) in [6, 6.07) is 0. The number of nitrogens with zero attached hydrogens (tertiary/aromatic N) is 2. The van der Waals surface area contributed by atoms with Crippen molar-refractivity contribution in [1.29, 1.82) is 0 Å². The molecule has 2 rings (SSSR count). The first-order valence-electron chi connectivity index (χ1n) is 5.04. The van der Waals surface area contributed by atoms with Crippen molar-refractivity contribution in [1.82, 2.24) is 9.38 Å². The highest BCUT2D eigenvalue weighted by Gasteiger charge is 2.08. The average molecular weight is 221 g/mol. The monoisotopic (exact) mass is 221 g/mol. The Bertz CT molecular complexity index is 479. The Morgan fingerprint density at radius 1 is 1.53 bits per heavy atom. The van der Waals surface area contributed by atoms with Crippen molar-refractivity contribution in [2.45, 2.75) is 13.8 Å². The second-order valence-corrected chi connectivity index (χ2v) is 4.63. The Labute approximate surface area is 93.5 Å². The lowest BCUT2D eigenvalue weighted by Gasteiger charge is -1.99. The molecule has 0 radical (unpaired) electrons. The first kappa shape index (κ1) is 10.2. The molecular weight excluding hydrogens is 206 g/mol. The molecule has 2 heterocycles. The van der Waals surface area contributed by atoms with Crippen LogP contribution in [0.4, 0.5) is 5.82 Å².